The predicted molar refractivity (Wildman–Crippen MR) is 113 cm³/mol. The number of rotatable bonds is 7. The number of ether oxygens (including phenoxy) is 1. The first-order chi connectivity index (χ1) is 14.6. The van der Waals surface area contributed by atoms with Gasteiger partial charge in [0.1, 0.15) is 17.6 Å². The number of Topliss-reactive ketones (excluding diaryl/α,β-unsaturated/α-hetero) is 1. The van der Waals surface area contributed by atoms with Gasteiger partial charge in [-0.3, -0.25) is 9.52 Å². The first-order valence-corrected chi connectivity index (χ1v) is 11.2. The van der Waals surface area contributed by atoms with Crippen molar-refractivity contribution >= 4 is 21.5 Å². The van der Waals surface area contributed by atoms with Crippen LogP contribution >= 0.6 is 0 Å². The Morgan fingerprint density at radius 3 is 2.55 bits per heavy atom. The summed E-state index contributed by atoms with van der Waals surface area (Å²) in [5, 5.41) is 2.90. The van der Waals surface area contributed by atoms with Crippen molar-refractivity contribution in [1.29, 1.82) is 0 Å². The highest BCUT2D eigenvalue weighted by Gasteiger charge is 2.34. The molecule has 0 radical (unpaired) electrons. The van der Waals surface area contributed by atoms with Crippen molar-refractivity contribution in [2.24, 2.45) is 0 Å². The first kappa shape index (κ1) is 22.7. The lowest BCUT2D eigenvalue weighted by Crippen LogP contribution is -2.44. The molecule has 1 aliphatic rings. The maximum Gasteiger partial charge on any atom is 0.232 e. The van der Waals surface area contributed by atoms with Crippen LogP contribution in [0.25, 0.3) is 0 Å². The number of halogens is 2. The highest BCUT2D eigenvalue weighted by molar-refractivity contribution is 7.92. The van der Waals surface area contributed by atoms with E-state index in [1.165, 1.54) is 25.1 Å². The van der Waals surface area contributed by atoms with Gasteiger partial charge in [-0.25, -0.2) is 17.2 Å². The highest BCUT2D eigenvalue weighted by Crippen LogP contribution is 2.36. The quantitative estimate of drug-likeness (QED) is 0.673. The van der Waals surface area contributed by atoms with Crippen LogP contribution in [0, 0.1) is 11.6 Å². The smallest absolute Gasteiger partial charge is 0.232 e. The molecule has 0 fully saturated rings. The van der Waals surface area contributed by atoms with Gasteiger partial charge in [0.15, 0.2) is 17.3 Å². The Morgan fingerprint density at radius 1 is 1.16 bits per heavy atom. The number of likely N-dealkylation sites (N-methyl/N-ethyl adjacent to an activating group) is 2. The molecule has 0 bridgehead atoms. The summed E-state index contributed by atoms with van der Waals surface area (Å²) in [4.78, 5) is 14.7. The topological polar surface area (TPSA) is 87.7 Å². The number of carbonyl (C=O) groups is 1. The van der Waals surface area contributed by atoms with Crippen LogP contribution in [0.15, 0.2) is 48.7 Å². The van der Waals surface area contributed by atoms with Gasteiger partial charge in [-0.15, -0.1) is 0 Å². The van der Waals surface area contributed by atoms with Crippen LogP contribution in [0.4, 0.5) is 14.5 Å². The van der Waals surface area contributed by atoms with E-state index in [1.54, 1.807) is 31.3 Å². The number of ketones is 1. The van der Waals surface area contributed by atoms with Gasteiger partial charge >= 0.3 is 0 Å². The second-order valence-electron chi connectivity index (χ2n) is 7.01. The van der Waals surface area contributed by atoms with Crippen molar-refractivity contribution in [3.8, 4) is 11.5 Å². The van der Waals surface area contributed by atoms with E-state index < -0.39 is 33.7 Å². The molecule has 2 aromatic carbocycles. The monoisotopic (exact) mass is 451 g/mol. The third-order valence-electron chi connectivity index (χ3n) is 4.89. The number of sulfonamides is 1. The van der Waals surface area contributed by atoms with Gasteiger partial charge < -0.3 is 15.0 Å². The number of anilines is 1. The number of hydrogen-bond donors (Lipinski definition) is 2. The number of nitrogens with one attached hydrogen (secondary N) is 2. The fourth-order valence-electron chi connectivity index (χ4n) is 3.23. The summed E-state index contributed by atoms with van der Waals surface area (Å²) in [5.41, 5.74) is 0.554. The van der Waals surface area contributed by atoms with Crippen molar-refractivity contribution in [1.82, 2.24) is 10.2 Å². The van der Waals surface area contributed by atoms with Gasteiger partial charge in [0.25, 0.3) is 0 Å². The zero-order valence-corrected chi connectivity index (χ0v) is 18.0. The molecule has 3 rings (SSSR count). The minimum absolute atomic E-state index is 0.154. The Balaban J connectivity index is 2.07. The molecule has 1 aliphatic heterocycles. The number of carbonyl (C=O) groups excluding carboxylic acids is 1. The molecule has 2 N–H and O–H groups in total. The lowest BCUT2D eigenvalue weighted by molar-refractivity contribution is -0.124. The van der Waals surface area contributed by atoms with Crippen LogP contribution in [0.5, 0.6) is 11.5 Å². The maximum absolute atomic E-state index is 14.0. The fourth-order valence-corrected chi connectivity index (χ4v) is 3.90. The van der Waals surface area contributed by atoms with Crippen LogP contribution < -0.4 is 14.8 Å². The van der Waals surface area contributed by atoms with E-state index in [0.717, 1.165) is 12.1 Å². The Kier molecular flexibility index (Phi) is 6.61. The van der Waals surface area contributed by atoms with E-state index in [4.69, 9.17) is 4.74 Å². The van der Waals surface area contributed by atoms with E-state index in [-0.39, 0.29) is 28.7 Å². The van der Waals surface area contributed by atoms with Gasteiger partial charge in [0.05, 0.1) is 17.5 Å². The molecule has 2 aromatic rings. The summed E-state index contributed by atoms with van der Waals surface area (Å²) in [6.45, 7) is 1.49. The minimum Gasteiger partial charge on any atom is -0.454 e. The van der Waals surface area contributed by atoms with Gasteiger partial charge in [-0.1, -0.05) is 0 Å². The Morgan fingerprint density at radius 2 is 1.90 bits per heavy atom. The Bertz CT molecular complexity index is 1120. The molecular formula is C21H23F2N3O4S. The molecule has 31 heavy (non-hydrogen) atoms. The first-order valence-electron chi connectivity index (χ1n) is 9.53. The van der Waals surface area contributed by atoms with Gasteiger partial charge in [0, 0.05) is 18.7 Å². The molecule has 0 aliphatic carbocycles. The second kappa shape index (κ2) is 9.03. The molecule has 2 unspecified atom stereocenters. The summed E-state index contributed by atoms with van der Waals surface area (Å²) in [6, 6.07) is 5.89. The molecule has 7 nitrogen and oxygen atoms in total. The third-order valence-corrected chi connectivity index (χ3v) is 6.18. The van der Waals surface area contributed by atoms with E-state index in [0.29, 0.717) is 11.6 Å². The van der Waals surface area contributed by atoms with Crippen LogP contribution in [-0.4, -0.2) is 45.0 Å². The zero-order valence-electron chi connectivity index (χ0n) is 17.2. The van der Waals surface area contributed by atoms with Crippen molar-refractivity contribution in [3.63, 3.8) is 0 Å². The standard InChI is InChI=1S/C21H23F2N3O4S/c1-4-31(28,29)25-17-7-6-14(30-19-8-5-13(22)11-16(19)23)12-15(17)20-21(27)18(24-2)9-10-26(20)3/h5-12,18,20,24-25H,4H2,1-3H3. The van der Waals surface area contributed by atoms with Crippen molar-refractivity contribution in [2.75, 3.05) is 24.6 Å². The second-order valence-corrected chi connectivity index (χ2v) is 9.02. The van der Waals surface area contributed by atoms with E-state index in [2.05, 4.69) is 10.0 Å². The summed E-state index contributed by atoms with van der Waals surface area (Å²) in [6.07, 6.45) is 3.42. The summed E-state index contributed by atoms with van der Waals surface area (Å²) < 4.78 is 59.6. The average Bonchev–Trinajstić information content (AvgIpc) is 2.72. The van der Waals surface area contributed by atoms with E-state index >= 15 is 0 Å². The average molecular weight is 451 g/mol. The van der Waals surface area contributed by atoms with E-state index in [1.807, 2.05) is 0 Å². The Hall–Kier alpha value is -2.98. The SMILES string of the molecule is CCS(=O)(=O)Nc1ccc(Oc2ccc(F)cc2F)cc1C1C(=O)C(NC)C=CN1C. The molecular weight excluding hydrogens is 428 g/mol. The van der Waals surface area contributed by atoms with Gasteiger partial charge in [-0.2, -0.15) is 0 Å². The molecule has 1 heterocycles. The van der Waals surface area contributed by atoms with Crippen LogP contribution in [-0.2, 0) is 14.8 Å². The molecule has 0 saturated carbocycles. The molecule has 10 heteroatoms. The summed E-state index contributed by atoms with van der Waals surface area (Å²) in [5.74, 6) is -2.02. The molecule has 0 amide bonds. The van der Waals surface area contributed by atoms with Crippen molar-refractivity contribution in [3.05, 3.63) is 65.9 Å². The molecule has 0 saturated heterocycles. The fraction of sp³-hybridized carbons (Fsp3) is 0.286. The largest absolute Gasteiger partial charge is 0.454 e. The summed E-state index contributed by atoms with van der Waals surface area (Å²) >= 11 is 0. The normalized spacial score (nSPS) is 18.9. The number of nitrogens with zero attached hydrogens (tertiary/aromatic N) is 1. The molecule has 166 valence electrons. The van der Waals surface area contributed by atoms with Gasteiger partial charge in [-0.05, 0) is 56.6 Å². The van der Waals surface area contributed by atoms with E-state index in [9.17, 15) is 22.0 Å². The summed E-state index contributed by atoms with van der Waals surface area (Å²) in [7, 11) is -0.291. The highest BCUT2D eigenvalue weighted by atomic mass is 32.2. The number of benzene rings is 2. The maximum atomic E-state index is 14.0. The van der Waals surface area contributed by atoms with Crippen molar-refractivity contribution in [2.45, 2.75) is 19.0 Å². The molecule has 2 atom stereocenters. The minimum atomic E-state index is -3.63. The van der Waals surface area contributed by atoms with Crippen LogP contribution in [0.2, 0.25) is 0 Å². The lowest BCUT2D eigenvalue weighted by atomic mass is 9.93. The third kappa shape index (κ3) is 5.02. The predicted octanol–water partition coefficient (Wildman–Crippen LogP) is 3.18. The molecule has 0 aromatic heterocycles. The van der Waals surface area contributed by atoms with Crippen LogP contribution in [0.1, 0.15) is 18.5 Å². The molecule has 0 spiro atoms. The zero-order chi connectivity index (χ0) is 22.8. The lowest BCUT2D eigenvalue weighted by Gasteiger charge is -2.33. The van der Waals surface area contributed by atoms with Gasteiger partial charge in [0.2, 0.25) is 10.0 Å². The van der Waals surface area contributed by atoms with Crippen LogP contribution in [0.3, 0.4) is 0 Å². The Labute approximate surface area is 179 Å². The number of hydrogen-bond acceptors (Lipinski definition) is 6. The van der Waals surface area contributed by atoms with Crippen molar-refractivity contribution < 1.29 is 26.7 Å².